The molecular weight excluding hydrogens is 262 g/mol. The van der Waals surface area contributed by atoms with Crippen LogP contribution in [0, 0.1) is 0 Å². The van der Waals surface area contributed by atoms with E-state index >= 15 is 0 Å². The number of nitrogens with zero attached hydrogens (tertiary/aromatic N) is 2. The number of hydrogen-bond acceptors (Lipinski definition) is 3. The highest BCUT2D eigenvalue weighted by atomic mass is 16.2. The SMILES string of the molecule is CCNc1ncc(C(=O)N(C)C2CCC2)c2ccccc12. The lowest BCUT2D eigenvalue weighted by atomic mass is 9.91. The maximum absolute atomic E-state index is 12.7. The number of amides is 1. The first-order chi connectivity index (χ1) is 10.2. The van der Waals surface area contributed by atoms with E-state index in [0.717, 1.165) is 36.0 Å². The molecule has 1 fully saturated rings. The summed E-state index contributed by atoms with van der Waals surface area (Å²) in [5.41, 5.74) is 0.696. The molecular formula is C17H21N3O. The number of nitrogens with one attached hydrogen (secondary N) is 1. The van der Waals surface area contributed by atoms with Crippen LogP contribution in [0.1, 0.15) is 36.5 Å². The number of aromatic nitrogens is 1. The number of pyridine rings is 1. The lowest BCUT2D eigenvalue weighted by Gasteiger charge is -2.34. The summed E-state index contributed by atoms with van der Waals surface area (Å²) < 4.78 is 0. The molecule has 0 spiro atoms. The molecule has 1 amide bonds. The quantitative estimate of drug-likeness (QED) is 0.936. The van der Waals surface area contributed by atoms with E-state index in [-0.39, 0.29) is 5.91 Å². The molecule has 1 N–H and O–H groups in total. The zero-order valence-electron chi connectivity index (χ0n) is 12.6. The third kappa shape index (κ3) is 2.46. The molecule has 110 valence electrons. The number of carbonyl (C=O) groups excluding carboxylic acids is 1. The standard InChI is InChI=1S/C17H21N3O/c1-3-18-16-14-10-5-4-9-13(14)15(11-19-16)17(21)20(2)12-7-6-8-12/h4-5,9-12H,3,6-8H2,1-2H3,(H,18,19). The molecule has 1 saturated carbocycles. The Morgan fingerprint density at radius 1 is 1.33 bits per heavy atom. The summed E-state index contributed by atoms with van der Waals surface area (Å²) in [6.45, 7) is 2.85. The van der Waals surface area contributed by atoms with Crippen LogP contribution in [-0.2, 0) is 0 Å². The first-order valence-electron chi connectivity index (χ1n) is 7.61. The van der Waals surface area contributed by atoms with Crippen molar-refractivity contribution in [1.82, 2.24) is 9.88 Å². The van der Waals surface area contributed by atoms with Crippen molar-refractivity contribution < 1.29 is 4.79 Å². The Kier molecular flexibility index (Phi) is 3.78. The molecule has 4 nitrogen and oxygen atoms in total. The zero-order valence-corrected chi connectivity index (χ0v) is 12.6. The minimum atomic E-state index is 0.0754. The normalized spacial score (nSPS) is 14.8. The minimum Gasteiger partial charge on any atom is -0.370 e. The molecule has 0 unspecified atom stereocenters. The molecule has 1 aromatic heterocycles. The fourth-order valence-electron chi connectivity index (χ4n) is 2.80. The Labute approximate surface area is 125 Å². The summed E-state index contributed by atoms with van der Waals surface area (Å²) in [5.74, 6) is 0.919. The molecule has 0 radical (unpaired) electrons. The number of carbonyl (C=O) groups is 1. The van der Waals surface area contributed by atoms with Crippen molar-refractivity contribution in [3.63, 3.8) is 0 Å². The summed E-state index contributed by atoms with van der Waals surface area (Å²) in [6, 6.07) is 8.36. The maximum Gasteiger partial charge on any atom is 0.256 e. The molecule has 1 aromatic carbocycles. The maximum atomic E-state index is 12.7. The fourth-order valence-corrected chi connectivity index (χ4v) is 2.80. The molecule has 2 aromatic rings. The van der Waals surface area contributed by atoms with Crippen molar-refractivity contribution in [3.05, 3.63) is 36.0 Å². The van der Waals surface area contributed by atoms with Gasteiger partial charge in [0.15, 0.2) is 0 Å². The highest BCUT2D eigenvalue weighted by molar-refractivity contribution is 6.09. The van der Waals surface area contributed by atoms with Gasteiger partial charge in [-0.3, -0.25) is 4.79 Å². The van der Waals surface area contributed by atoms with Crippen LogP contribution in [0.4, 0.5) is 5.82 Å². The van der Waals surface area contributed by atoms with E-state index in [1.165, 1.54) is 6.42 Å². The van der Waals surface area contributed by atoms with Crippen LogP contribution in [0.2, 0.25) is 0 Å². The predicted molar refractivity (Wildman–Crippen MR) is 85.6 cm³/mol. The highest BCUT2D eigenvalue weighted by Gasteiger charge is 2.27. The minimum absolute atomic E-state index is 0.0754. The lowest BCUT2D eigenvalue weighted by Crippen LogP contribution is -2.41. The molecule has 21 heavy (non-hydrogen) atoms. The van der Waals surface area contributed by atoms with Gasteiger partial charge in [-0.05, 0) is 31.6 Å². The Balaban J connectivity index is 2.02. The van der Waals surface area contributed by atoms with Gasteiger partial charge in [-0.25, -0.2) is 4.98 Å². The predicted octanol–water partition coefficient (Wildman–Crippen LogP) is 3.29. The zero-order chi connectivity index (χ0) is 14.8. The molecule has 3 rings (SSSR count). The molecule has 1 aliphatic carbocycles. The van der Waals surface area contributed by atoms with E-state index in [0.29, 0.717) is 11.6 Å². The number of rotatable bonds is 4. The molecule has 0 atom stereocenters. The van der Waals surface area contributed by atoms with Crippen LogP contribution in [0.3, 0.4) is 0 Å². The van der Waals surface area contributed by atoms with Crippen LogP contribution < -0.4 is 5.32 Å². The summed E-state index contributed by atoms with van der Waals surface area (Å²) in [7, 11) is 1.90. The second kappa shape index (κ2) is 5.72. The Morgan fingerprint density at radius 2 is 2.05 bits per heavy atom. The summed E-state index contributed by atoms with van der Waals surface area (Å²) in [6.07, 6.45) is 5.16. The van der Waals surface area contributed by atoms with Crippen molar-refractivity contribution in [1.29, 1.82) is 0 Å². The van der Waals surface area contributed by atoms with Gasteiger partial charge in [-0.15, -0.1) is 0 Å². The molecule has 4 heteroatoms. The molecule has 0 bridgehead atoms. The monoisotopic (exact) mass is 283 g/mol. The highest BCUT2D eigenvalue weighted by Crippen LogP contribution is 2.28. The smallest absolute Gasteiger partial charge is 0.256 e. The van der Waals surface area contributed by atoms with E-state index in [1.54, 1.807) is 6.20 Å². The van der Waals surface area contributed by atoms with Gasteiger partial charge in [0.1, 0.15) is 5.82 Å². The van der Waals surface area contributed by atoms with Crippen LogP contribution in [0.5, 0.6) is 0 Å². The van der Waals surface area contributed by atoms with Gasteiger partial charge in [-0.1, -0.05) is 24.3 Å². The molecule has 1 aliphatic rings. The lowest BCUT2D eigenvalue weighted by molar-refractivity contribution is 0.0653. The van der Waals surface area contributed by atoms with Gasteiger partial charge >= 0.3 is 0 Å². The van der Waals surface area contributed by atoms with Gasteiger partial charge in [0.25, 0.3) is 5.91 Å². The number of anilines is 1. The number of fused-ring (bicyclic) bond motifs is 1. The first kappa shape index (κ1) is 13.9. The third-order valence-corrected chi connectivity index (χ3v) is 4.31. The Morgan fingerprint density at radius 3 is 2.67 bits per heavy atom. The van der Waals surface area contributed by atoms with Crippen molar-refractivity contribution in [2.24, 2.45) is 0 Å². The molecule has 0 aliphatic heterocycles. The van der Waals surface area contributed by atoms with E-state index in [4.69, 9.17) is 0 Å². The van der Waals surface area contributed by atoms with Gasteiger partial charge in [0.05, 0.1) is 5.56 Å². The van der Waals surface area contributed by atoms with Crippen LogP contribution in [0.15, 0.2) is 30.5 Å². The van der Waals surface area contributed by atoms with Crippen LogP contribution in [0.25, 0.3) is 10.8 Å². The van der Waals surface area contributed by atoms with Gasteiger partial charge < -0.3 is 10.2 Å². The summed E-state index contributed by atoms with van der Waals surface area (Å²) in [5, 5.41) is 5.23. The van der Waals surface area contributed by atoms with Crippen LogP contribution >= 0.6 is 0 Å². The van der Waals surface area contributed by atoms with Crippen LogP contribution in [-0.4, -0.2) is 35.4 Å². The van der Waals surface area contributed by atoms with Gasteiger partial charge in [0, 0.05) is 31.2 Å². The van der Waals surface area contributed by atoms with Gasteiger partial charge in [0.2, 0.25) is 0 Å². The van der Waals surface area contributed by atoms with Crippen molar-refractivity contribution in [2.45, 2.75) is 32.2 Å². The summed E-state index contributed by atoms with van der Waals surface area (Å²) in [4.78, 5) is 19.0. The first-order valence-corrected chi connectivity index (χ1v) is 7.61. The van der Waals surface area contributed by atoms with E-state index in [1.807, 2.05) is 43.1 Å². The topological polar surface area (TPSA) is 45.2 Å². The number of benzene rings is 1. The fraction of sp³-hybridized carbons (Fsp3) is 0.412. The second-order valence-electron chi connectivity index (χ2n) is 5.60. The van der Waals surface area contributed by atoms with Crippen molar-refractivity contribution >= 4 is 22.5 Å². The largest absolute Gasteiger partial charge is 0.370 e. The van der Waals surface area contributed by atoms with E-state index in [9.17, 15) is 4.79 Å². The van der Waals surface area contributed by atoms with Crippen molar-refractivity contribution in [3.8, 4) is 0 Å². The van der Waals surface area contributed by atoms with Gasteiger partial charge in [-0.2, -0.15) is 0 Å². The Bertz CT molecular complexity index is 664. The third-order valence-electron chi connectivity index (χ3n) is 4.31. The number of hydrogen-bond donors (Lipinski definition) is 1. The van der Waals surface area contributed by atoms with Crippen molar-refractivity contribution in [2.75, 3.05) is 18.9 Å². The second-order valence-corrected chi connectivity index (χ2v) is 5.60. The summed E-state index contributed by atoms with van der Waals surface area (Å²) >= 11 is 0. The average molecular weight is 283 g/mol. The molecule has 1 heterocycles. The average Bonchev–Trinajstić information content (AvgIpc) is 2.45. The molecule has 0 saturated heterocycles. The van der Waals surface area contributed by atoms with E-state index < -0.39 is 0 Å². The van der Waals surface area contributed by atoms with E-state index in [2.05, 4.69) is 10.3 Å². The Hall–Kier alpha value is -2.10.